The molecule has 0 atom stereocenters. The summed E-state index contributed by atoms with van der Waals surface area (Å²) >= 11 is 0. The zero-order valence-corrected chi connectivity index (χ0v) is 13.7. The highest BCUT2D eigenvalue weighted by Gasteiger charge is 2.07. The summed E-state index contributed by atoms with van der Waals surface area (Å²) in [6, 6.07) is 8.50. The van der Waals surface area contributed by atoms with Crippen LogP contribution in [0.25, 0.3) is 0 Å². The van der Waals surface area contributed by atoms with Crippen LogP contribution in [0.2, 0.25) is 0 Å². The van der Waals surface area contributed by atoms with Gasteiger partial charge < -0.3 is 5.32 Å². The Balaban J connectivity index is 1.71. The molecule has 0 unspecified atom stereocenters. The third kappa shape index (κ3) is 4.45. The summed E-state index contributed by atoms with van der Waals surface area (Å²) in [7, 11) is 0. The number of hydrogen-bond acceptors (Lipinski definition) is 2. The summed E-state index contributed by atoms with van der Waals surface area (Å²) in [4.78, 5) is 11.9. The van der Waals surface area contributed by atoms with Crippen molar-refractivity contribution in [2.24, 2.45) is 0 Å². The molecule has 22 heavy (non-hydrogen) atoms. The third-order valence-corrected chi connectivity index (χ3v) is 4.05. The van der Waals surface area contributed by atoms with Gasteiger partial charge in [0, 0.05) is 18.7 Å². The largest absolute Gasteiger partial charge is 0.356 e. The molecule has 1 amide bonds. The van der Waals surface area contributed by atoms with Crippen molar-refractivity contribution in [1.82, 2.24) is 15.5 Å². The highest BCUT2D eigenvalue weighted by atomic mass is 16.1. The molecular formula is C18H25N3O. The Morgan fingerprint density at radius 2 is 1.82 bits per heavy atom. The van der Waals surface area contributed by atoms with Gasteiger partial charge in [0.05, 0.1) is 5.69 Å². The van der Waals surface area contributed by atoms with Gasteiger partial charge in [-0.1, -0.05) is 31.2 Å². The van der Waals surface area contributed by atoms with Crippen LogP contribution in [0.15, 0.2) is 24.3 Å². The van der Waals surface area contributed by atoms with Gasteiger partial charge in [0.1, 0.15) is 0 Å². The van der Waals surface area contributed by atoms with Crippen molar-refractivity contribution in [3.63, 3.8) is 0 Å². The number of carbonyl (C=O) groups excluding carboxylic acids is 1. The van der Waals surface area contributed by atoms with Gasteiger partial charge in [-0.25, -0.2) is 0 Å². The van der Waals surface area contributed by atoms with Gasteiger partial charge in [-0.2, -0.15) is 5.10 Å². The number of hydrogen-bond donors (Lipinski definition) is 2. The first-order valence-electron chi connectivity index (χ1n) is 7.95. The molecule has 0 bridgehead atoms. The SMILES string of the molecule is CCc1ccc(CCC(=O)NCCc2c(C)n[nH]c2C)cc1. The van der Waals surface area contributed by atoms with Gasteiger partial charge in [-0.15, -0.1) is 0 Å². The lowest BCUT2D eigenvalue weighted by atomic mass is 10.1. The number of aromatic nitrogens is 2. The fourth-order valence-electron chi connectivity index (χ4n) is 2.56. The number of carbonyl (C=O) groups is 1. The Kier molecular flexibility index (Phi) is 5.75. The predicted octanol–water partition coefficient (Wildman–Crippen LogP) is 2.88. The van der Waals surface area contributed by atoms with E-state index in [9.17, 15) is 4.79 Å². The van der Waals surface area contributed by atoms with Gasteiger partial charge in [-0.3, -0.25) is 9.89 Å². The second-order valence-corrected chi connectivity index (χ2v) is 5.68. The molecule has 4 nitrogen and oxygen atoms in total. The van der Waals surface area contributed by atoms with Crippen LogP contribution in [-0.4, -0.2) is 22.6 Å². The minimum absolute atomic E-state index is 0.110. The van der Waals surface area contributed by atoms with E-state index in [1.54, 1.807) is 0 Å². The lowest BCUT2D eigenvalue weighted by Crippen LogP contribution is -2.26. The lowest BCUT2D eigenvalue weighted by Gasteiger charge is -2.06. The molecule has 0 saturated carbocycles. The molecule has 1 heterocycles. The zero-order valence-electron chi connectivity index (χ0n) is 13.7. The molecule has 2 rings (SSSR count). The zero-order chi connectivity index (χ0) is 15.9. The van der Waals surface area contributed by atoms with Crippen molar-refractivity contribution in [3.05, 3.63) is 52.3 Å². The molecule has 118 valence electrons. The summed E-state index contributed by atoms with van der Waals surface area (Å²) < 4.78 is 0. The maximum absolute atomic E-state index is 11.9. The van der Waals surface area contributed by atoms with E-state index in [0.717, 1.165) is 30.7 Å². The van der Waals surface area contributed by atoms with Crippen molar-refractivity contribution >= 4 is 5.91 Å². The molecule has 0 aliphatic rings. The van der Waals surface area contributed by atoms with E-state index in [1.165, 1.54) is 16.7 Å². The number of benzene rings is 1. The second kappa shape index (κ2) is 7.78. The summed E-state index contributed by atoms with van der Waals surface area (Å²) in [5.74, 6) is 0.110. The Hall–Kier alpha value is -2.10. The fraction of sp³-hybridized carbons (Fsp3) is 0.444. The molecule has 2 aromatic rings. The first kappa shape index (κ1) is 16.3. The molecule has 0 fully saturated rings. The number of nitrogens with one attached hydrogen (secondary N) is 2. The highest BCUT2D eigenvalue weighted by Crippen LogP contribution is 2.09. The van der Waals surface area contributed by atoms with E-state index in [-0.39, 0.29) is 5.91 Å². The fourth-order valence-corrected chi connectivity index (χ4v) is 2.56. The summed E-state index contributed by atoms with van der Waals surface area (Å²) in [5, 5.41) is 10.1. The number of amides is 1. The lowest BCUT2D eigenvalue weighted by molar-refractivity contribution is -0.121. The maximum Gasteiger partial charge on any atom is 0.220 e. The predicted molar refractivity (Wildman–Crippen MR) is 88.9 cm³/mol. The molecule has 0 spiro atoms. The van der Waals surface area contributed by atoms with Gasteiger partial charge in [-0.05, 0) is 49.8 Å². The standard InChI is InChI=1S/C18H25N3O/c1-4-15-5-7-16(8-6-15)9-10-18(22)19-12-11-17-13(2)20-21-14(17)3/h5-8H,4,9-12H2,1-3H3,(H,19,22)(H,20,21). The third-order valence-electron chi connectivity index (χ3n) is 4.05. The molecular weight excluding hydrogens is 274 g/mol. The Bertz CT molecular complexity index is 594. The van der Waals surface area contributed by atoms with Crippen LogP contribution in [0.5, 0.6) is 0 Å². The van der Waals surface area contributed by atoms with Gasteiger partial charge in [0.25, 0.3) is 0 Å². The van der Waals surface area contributed by atoms with Crippen LogP contribution in [0, 0.1) is 13.8 Å². The molecule has 0 radical (unpaired) electrons. The summed E-state index contributed by atoms with van der Waals surface area (Å²) in [5.41, 5.74) is 5.86. The molecule has 4 heteroatoms. The van der Waals surface area contributed by atoms with E-state index in [2.05, 4.69) is 46.7 Å². The minimum atomic E-state index is 0.110. The first-order chi connectivity index (χ1) is 10.6. The summed E-state index contributed by atoms with van der Waals surface area (Å²) in [6.45, 7) is 6.80. The van der Waals surface area contributed by atoms with Gasteiger partial charge in [0.15, 0.2) is 0 Å². The van der Waals surface area contributed by atoms with Gasteiger partial charge in [0.2, 0.25) is 5.91 Å². The van der Waals surface area contributed by atoms with E-state index in [4.69, 9.17) is 0 Å². The van der Waals surface area contributed by atoms with Crippen molar-refractivity contribution < 1.29 is 4.79 Å². The quantitative estimate of drug-likeness (QED) is 0.826. The van der Waals surface area contributed by atoms with Crippen LogP contribution in [-0.2, 0) is 24.1 Å². The average molecular weight is 299 g/mol. The number of rotatable bonds is 7. The molecule has 0 aliphatic heterocycles. The number of aryl methyl sites for hydroxylation is 4. The highest BCUT2D eigenvalue weighted by molar-refractivity contribution is 5.76. The van der Waals surface area contributed by atoms with Crippen molar-refractivity contribution in [2.75, 3.05) is 6.54 Å². The van der Waals surface area contributed by atoms with Crippen molar-refractivity contribution in [1.29, 1.82) is 0 Å². The van der Waals surface area contributed by atoms with E-state index in [0.29, 0.717) is 13.0 Å². The van der Waals surface area contributed by atoms with E-state index < -0.39 is 0 Å². The van der Waals surface area contributed by atoms with Crippen LogP contribution < -0.4 is 5.32 Å². The van der Waals surface area contributed by atoms with Crippen LogP contribution in [0.1, 0.15) is 41.4 Å². The van der Waals surface area contributed by atoms with Crippen LogP contribution >= 0.6 is 0 Å². The van der Waals surface area contributed by atoms with Crippen molar-refractivity contribution in [3.8, 4) is 0 Å². The Morgan fingerprint density at radius 3 is 2.41 bits per heavy atom. The van der Waals surface area contributed by atoms with E-state index in [1.807, 2.05) is 13.8 Å². The van der Waals surface area contributed by atoms with Crippen LogP contribution in [0.4, 0.5) is 0 Å². The smallest absolute Gasteiger partial charge is 0.220 e. The second-order valence-electron chi connectivity index (χ2n) is 5.68. The number of nitrogens with zero attached hydrogens (tertiary/aromatic N) is 1. The molecule has 1 aromatic heterocycles. The van der Waals surface area contributed by atoms with Gasteiger partial charge >= 0.3 is 0 Å². The maximum atomic E-state index is 11.9. The topological polar surface area (TPSA) is 57.8 Å². The summed E-state index contributed by atoms with van der Waals surface area (Å²) in [6.07, 6.45) is 3.20. The van der Waals surface area contributed by atoms with E-state index >= 15 is 0 Å². The normalized spacial score (nSPS) is 10.7. The number of aromatic amines is 1. The molecule has 1 aromatic carbocycles. The Morgan fingerprint density at radius 1 is 1.14 bits per heavy atom. The van der Waals surface area contributed by atoms with Crippen molar-refractivity contribution in [2.45, 2.75) is 46.5 Å². The molecule has 0 aliphatic carbocycles. The monoisotopic (exact) mass is 299 g/mol. The molecule has 2 N–H and O–H groups in total. The Labute approximate surface area is 132 Å². The molecule has 0 saturated heterocycles. The van der Waals surface area contributed by atoms with Crippen LogP contribution in [0.3, 0.4) is 0 Å². The number of H-pyrrole nitrogens is 1. The average Bonchev–Trinajstić information content (AvgIpc) is 2.85. The minimum Gasteiger partial charge on any atom is -0.356 e. The first-order valence-corrected chi connectivity index (χ1v) is 7.95.